The fourth-order valence-electron chi connectivity index (χ4n) is 6.76. The van der Waals surface area contributed by atoms with Gasteiger partial charge in [-0.2, -0.15) is 0 Å². The minimum Gasteiger partial charge on any atom is -0.0619 e. The molecule has 0 saturated heterocycles. The van der Waals surface area contributed by atoms with Gasteiger partial charge in [-0.25, -0.2) is 0 Å². The summed E-state index contributed by atoms with van der Waals surface area (Å²) in [5, 5.41) is 2.54. The maximum Gasteiger partial charge on any atom is 0.0726 e. The van der Waals surface area contributed by atoms with E-state index in [9.17, 15) is 0 Å². The number of fused-ring (bicyclic) bond motifs is 13. The summed E-state index contributed by atoms with van der Waals surface area (Å²) in [6.45, 7) is 0. The van der Waals surface area contributed by atoms with Gasteiger partial charge in [-0.3, -0.25) is 0 Å². The first-order valence-corrected chi connectivity index (χ1v) is 14.1. The molecule has 37 heavy (non-hydrogen) atoms. The maximum atomic E-state index is 3.85. The van der Waals surface area contributed by atoms with Gasteiger partial charge in [0.25, 0.3) is 0 Å². The molecule has 0 nitrogen and oxygen atoms in total. The topological polar surface area (TPSA) is 0 Å². The monoisotopic (exact) mass is 598 g/mol. The highest BCUT2D eigenvalue weighted by atomic mass is 79.9. The molecule has 2 heteroatoms. The molecule has 0 fully saturated rings. The molecule has 2 aliphatic rings. The van der Waals surface area contributed by atoms with Crippen LogP contribution < -0.4 is 0 Å². The van der Waals surface area contributed by atoms with Crippen LogP contribution in [0.25, 0.3) is 44.2 Å². The van der Waals surface area contributed by atoms with Crippen molar-refractivity contribution in [2.75, 3.05) is 0 Å². The van der Waals surface area contributed by atoms with Crippen LogP contribution in [-0.4, -0.2) is 0 Å². The van der Waals surface area contributed by atoms with Crippen LogP contribution in [0.4, 0.5) is 0 Å². The maximum absolute atomic E-state index is 3.85. The molecule has 0 atom stereocenters. The summed E-state index contributed by atoms with van der Waals surface area (Å²) in [6, 6.07) is 45.1. The van der Waals surface area contributed by atoms with Crippen LogP contribution in [0.15, 0.2) is 130 Å². The zero-order chi connectivity index (χ0) is 24.7. The number of hydrogen-bond acceptors (Lipinski definition) is 0. The third-order valence-electron chi connectivity index (χ3n) is 8.19. The Kier molecular flexibility index (Phi) is 4.54. The fourth-order valence-corrected chi connectivity index (χ4v) is 7.49. The molecule has 2 aliphatic carbocycles. The number of halogens is 2. The van der Waals surface area contributed by atoms with Gasteiger partial charge >= 0.3 is 0 Å². The molecule has 0 amide bonds. The van der Waals surface area contributed by atoms with Crippen molar-refractivity contribution in [3.8, 4) is 33.4 Å². The Balaban J connectivity index is 1.67. The molecule has 0 bridgehead atoms. The zero-order valence-corrected chi connectivity index (χ0v) is 23.0. The van der Waals surface area contributed by atoms with Gasteiger partial charge in [-0.15, -0.1) is 0 Å². The van der Waals surface area contributed by atoms with Gasteiger partial charge in [-0.1, -0.05) is 117 Å². The van der Waals surface area contributed by atoms with Crippen LogP contribution in [0.3, 0.4) is 0 Å². The minimum absolute atomic E-state index is 0.465. The van der Waals surface area contributed by atoms with Crippen molar-refractivity contribution < 1.29 is 0 Å². The number of benzene rings is 6. The smallest absolute Gasteiger partial charge is 0.0619 e. The molecule has 1 spiro atoms. The van der Waals surface area contributed by atoms with Crippen LogP contribution in [0, 0.1) is 0 Å². The minimum atomic E-state index is -0.465. The molecule has 6 aromatic carbocycles. The second-order valence-corrected chi connectivity index (χ2v) is 11.8. The zero-order valence-electron chi connectivity index (χ0n) is 19.8. The van der Waals surface area contributed by atoms with E-state index in [1.807, 2.05) is 0 Å². The highest BCUT2D eigenvalue weighted by Gasteiger charge is 2.50. The summed E-state index contributed by atoms with van der Waals surface area (Å²) in [7, 11) is 0. The Morgan fingerprint density at radius 3 is 1.43 bits per heavy atom. The standard InChI is InChI=1S/C35H20Br2/c36-23-13-15-28-25-9-3-4-10-26(25)29-16-14-24(37)20-34(29)35(33(28)19-23)31-12-6-5-11-27(31)30-17-21-7-1-2-8-22(21)18-32(30)35/h1-20H. The Labute approximate surface area is 232 Å². The number of hydrogen-bond donors (Lipinski definition) is 0. The summed E-state index contributed by atoms with van der Waals surface area (Å²) in [4.78, 5) is 0. The molecule has 0 saturated carbocycles. The molecule has 0 radical (unpaired) electrons. The van der Waals surface area contributed by atoms with Gasteiger partial charge in [0.05, 0.1) is 5.41 Å². The summed E-state index contributed by atoms with van der Waals surface area (Å²) in [5.74, 6) is 0. The van der Waals surface area contributed by atoms with E-state index >= 15 is 0 Å². The van der Waals surface area contributed by atoms with Gasteiger partial charge in [0.2, 0.25) is 0 Å². The molecule has 0 N–H and O–H groups in total. The van der Waals surface area contributed by atoms with E-state index < -0.39 is 5.41 Å². The number of rotatable bonds is 0. The molecular formula is C35H20Br2. The lowest BCUT2D eigenvalue weighted by Gasteiger charge is -2.35. The highest BCUT2D eigenvalue weighted by Crippen LogP contribution is 2.62. The van der Waals surface area contributed by atoms with Gasteiger partial charge in [0, 0.05) is 8.95 Å². The van der Waals surface area contributed by atoms with Crippen molar-refractivity contribution in [2.24, 2.45) is 0 Å². The Bertz CT molecular complexity index is 1840. The largest absolute Gasteiger partial charge is 0.0726 e. The molecule has 0 unspecified atom stereocenters. The lowest BCUT2D eigenvalue weighted by molar-refractivity contribution is 0.775. The Morgan fingerprint density at radius 1 is 0.351 bits per heavy atom. The van der Waals surface area contributed by atoms with Crippen molar-refractivity contribution in [3.63, 3.8) is 0 Å². The normalized spacial score (nSPS) is 13.9. The van der Waals surface area contributed by atoms with E-state index in [1.165, 1.54) is 66.4 Å². The lowest BCUT2D eigenvalue weighted by atomic mass is 9.66. The van der Waals surface area contributed by atoms with Crippen molar-refractivity contribution in [1.82, 2.24) is 0 Å². The van der Waals surface area contributed by atoms with Crippen LogP contribution in [0.2, 0.25) is 0 Å². The van der Waals surface area contributed by atoms with Crippen LogP contribution in [-0.2, 0) is 5.41 Å². The van der Waals surface area contributed by atoms with E-state index in [-0.39, 0.29) is 0 Å². The van der Waals surface area contributed by atoms with Crippen LogP contribution in [0.1, 0.15) is 22.3 Å². The summed E-state index contributed by atoms with van der Waals surface area (Å²) < 4.78 is 2.18. The second kappa shape index (κ2) is 7.77. The van der Waals surface area contributed by atoms with E-state index in [0.717, 1.165) is 8.95 Å². The van der Waals surface area contributed by atoms with Crippen molar-refractivity contribution in [3.05, 3.63) is 153 Å². The SMILES string of the molecule is Brc1ccc2c(c1)C1(c3cc(Br)ccc3-c3ccccc3-2)c2ccccc2-c2cc3ccccc3cc21. The third-order valence-corrected chi connectivity index (χ3v) is 9.18. The van der Waals surface area contributed by atoms with E-state index in [2.05, 4.69) is 153 Å². The predicted molar refractivity (Wildman–Crippen MR) is 161 cm³/mol. The lowest BCUT2D eigenvalue weighted by Crippen LogP contribution is -2.29. The first kappa shape index (κ1) is 21.6. The molecule has 0 heterocycles. The van der Waals surface area contributed by atoms with E-state index in [1.54, 1.807) is 0 Å². The predicted octanol–water partition coefficient (Wildman–Crippen LogP) is 10.4. The summed E-state index contributed by atoms with van der Waals surface area (Å²) in [5.41, 5.74) is 12.6. The van der Waals surface area contributed by atoms with Gasteiger partial charge < -0.3 is 0 Å². The summed E-state index contributed by atoms with van der Waals surface area (Å²) in [6.07, 6.45) is 0. The summed E-state index contributed by atoms with van der Waals surface area (Å²) >= 11 is 7.70. The molecule has 8 rings (SSSR count). The Hall–Kier alpha value is -3.46. The first-order valence-electron chi connectivity index (χ1n) is 12.5. The first-order chi connectivity index (χ1) is 18.2. The van der Waals surface area contributed by atoms with Crippen molar-refractivity contribution in [2.45, 2.75) is 5.41 Å². The molecule has 0 aliphatic heterocycles. The Morgan fingerprint density at radius 2 is 0.811 bits per heavy atom. The van der Waals surface area contributed by atoms with E-state index in [0.29, 0.717) is 0 Å². The van der Waals surface area contributed by atoms with Gasteiger partial charge in [0.15, 0.2) is 0 Å². The third kappa shape index (κ3) is 2.83. The molecule has 6 aromatic rings. The van der Waals surface area contributed by atoms with Crippen molar-refractivity contribution >= 4 is 42.6 Å². The van der Waals surface area contributed by atoms with Crippen LogP contribution >= 0.6 is 31.9 Å². The molecule has 0 aromatic heterocycles. The fraction of sp³-hybridized carbons (Fsp3) is 0.0286. The van der Waals surface area contributed by atoms with Crippen LogP contribution in [0.5, 0.6) is 0 Å². The van der Waals surface area contributed by atoms with Crippen molar-refractivity contribution in [1.29, 1.82) is 0 Å². The average Bonchev–Trinajstić information content (AvgIpc) is 3.16. The highest BCUT2D eigenvalue weighted by molar-refractivity contribution is 9.10. The molecule has 174 valence electrons. The molecular weight excluding hydrogens is 580 g/mol. The van der Waals surface area contributed by atoms with Gasteiger partial charge in [-0.05, 0) is 103 Å². The average molecular weight is 600 g/mol. The van der Waals surface area contributed by atoms with E-state index in [4.69, 9.17) is 0 Å². The second-order valence-electron chi connectivity index (χ2n) is 9.97. The van der Waals surface area contributed by atoms with Gasteiger partial charge in [0.1, 0.15) is 0 Å². The quantitative estimate of drug-likeness (QED) is 0.163.